The van der Waals surface area contributed by atoms with Crippen LogP contribution in [0, 0.1) is 0 Å². The van der Waals surface area contributed by atoms with Gasteiger partial charge in [-0.1, -0.05) is 29.4 Å². The summed E-state index contributed by atoms with van der Waals surface area (Å²) >= 11 is 0. The Morgan fingerprint density at radius 3 is 2.85 bits per heavy atom. The maximum atomic E-state index is 8.82. The van der Waals surface area contributed by atoms with Crippen LogP contribution in [-0.2, 0) is 6.54 Å². The zero-order valence-corrected chi connectivity index (χ0v) is 7.57. The number of oxime groups is 1. The van der Waals surface area contributed by atoms with Gasteiger partial charge in [0.25, 0.3) is 0 Å². The summed E-state index contributed by atoms with van der Waals surface area (Å²) in [5.74, 6) is 0. The minimum Gasteiger partial charge on any atom is -0.411 e. The molecule has 3 heteroatoms. The Morgan fingerprint density at radius 2 is 2.08 bits per heavy atom. The Kier molecular flexibility index (Phi) is 2.02. The first-order chi connectivity index (χ1) is 6.31. The van der Waals surface area contributed by atoms with Crippen LogP contribution in [0.25, 0.3) is 0 Å². The monoisotopic (exact) mass is 176 g/mol. The SMILES string of the molecule is CN1C/C(=N/O)c2ccccc2C1. The quantitative estimate of drug-likeness (QED) is 0.478. The predicted molar refractivity (Wildman–Crippen MR) is 51.1 cm³/mol. The van der Waals surface area contributed by atoms with E-state index in [1.165, 1.54) is 5.56 Å². The van der Waals surface area contributed by atoms with Gasteiger partial charge in [-0.25, -0.2) is 0 Å². The molecule has 0 unspecified atom stereocenters. The Hall–Kier alpha value is -1.35. The molecule has 1 heterocycles. The van der Waals surface area contributed by atoms with E-state index in [1.807, 2.05) is 25.2 Å². The van der Waals surface area contributed by atoms with E-state index in [1.54, 1.807) is 0 Å². The van der Waals surface area contributed by atoms with Crippen molar-refractivity contribution >= 4 is 5.71 Å². The third-order valence-electron chi connectivity index (χ3n) is 2.31. The zero-order valence-electron chi connectivity index (χ0n) is 7.57. The molecule has 3 nitrogen and oxygen atoms in total. The summed E-state index contributed by atoms with van der Waals surface area (Å²) in [6.45, 7) is 1.64. The van der Waals surface area contributed by atoms with E-state index in [9.17, 15) is 0 Å². The second kappa shape index (κ2) is 3.18. The molecule has 13 heavy (non-hydrogen) atoms. The summed E-state index contributed by atoms with van der Waals surface area (Å²) in [7, 11) is 2.02. The summed E-state index contributed by atoms with van der Waals surface area (Å²) in [5, 5.41) is 12.1. The molecule has 0 spiro atoms. The van der Waals surface area contributed by atoms with E-state index >= 15 is 0 Å². The molecule has 68 valence electrons. The molecule has 2 rings (SSSR count). The fourth-order valence-corrected chi connectivity index (χ4v) is 1.71. The standard InChI is InChI=1S/C10H12N2O/c1-12-6-8-4-2-3-5-9(8)10(7-12)11-13/h2-5,13H,6-7H2,1H3/b11-10-. The Balaban J connectivity index is 2.49. The van der Waals surface area contributed by atoms with E-state index < -0.39 is 0 Å². The molecule has 0 radical (unpaired) electrons. The molecule has 0 amide bonds. The van der Waals surface area contributed by atoms with E-state index in [0.29, 0.717) is 6.54 Å². The van der Waals surface area contributed by atoms with Gasteiger partial charge in [0, 0.05) is 18.7 Å². The van der Waals surface area contributed by atoms with Gasteiger partial charge < -0.3 is 5.21 Å². The van der Waals surface area contributed by atoms with Gasteiger partial charge in [0.1, 0.15) is 5.71 Å². The van der Waals surface area contributed by atoms with Gasteiger partial charge in [-0.3, -0.25) is 4.90 Å². The van der Waals surface area contributed by atoms with Gasteiger partial charge in [0.2, 0.25) is 0 Å². The maximum absolute atomic E-state index is 8.82. The second-order valence-electron chi connectivity index (χ2n) is 3.38. The van der Waals surface area contributed by atoms with E-state index in [4.69, 9.17) is 5.21 Å². The molecule has 0 atom stereocenters. The highest BCUT2D eigenvalue weighted by Gasteiger charge is 2.18. The first-order valence-corrected chi connectivity index (χ1v) is 4.29. The lowest BCUT2D eigenvalue weighted by Gasteiger charge is -2.25. The van der Waals surface area contributed by atoms with Crippen molar-refractivity contribution in [3.05, 3.63) is 35.4 Å². The molecule has 0 fully saturated rings. The molecule has 0 aliphatic carbocycles. The molecule has 1 aromatic carbocycles. The van der Waals surface area contributed by atoms with E-state index in [2.05, 4.69) is 16.1 Å². The Morgan fingerprint density at radius 1 is 1.31 bits per heavy atom. The second-order valence-corrected chi connectivity index (χ2v) is 3.38. The number of hydrogen-bond donors (Lipinski definition) is 1. The summed E-state index contributed by atoms with van der Waals surface area (Å²) in [6.07, 6.45) is 0. The molecule has 0 bridgehead atoms. The van der Waals surface area contributed by atoms with Crippen molar-refractivity contribution < 1.29 is 5.21 Å². The smallest absolute Gasteiger partial charge is 0.101 e. The van der Waals surface area contributed by atoms with Crippen molar-refractivity contribution in [2.75, 3.05) is 13.6 Å². The van der Waals surface area contributed by atoms with Crippen molar-refractivity contribution in [3.8, 4) is 0 Å². The van der Waals surface area contributed by atoms with Crippen LogP contribution in [0.15, 0.2) is 29.4 Å². The van der Waals surface area contributed by atoms with Crippen molar-refractivity contribution in [2.24, 2.45) is 5.16 Å². The minimum absolute atomic E-state index is 0.716. The van der Waals surface area contributed by atoms with Crippen LogP contribution in [0.1, 0.15) is 11.1 Å². The maximum Gasteiger partial charge on any atom is 0.101 e. The fourth-order valence-electron chi connectivity index (χ4n) is 1.71. The van der Waals surface area contributed by atoms with Gasteiger partial charge >= 0.3 is 0 Å². The first-order valence-electron chi connectivity index (χ1n) is 4.29. The van der Waals surface area contributed by atoms with Crippen LogP contribution < -0.4 is 0 Å². The average Bonchev–Trinajstić information content (AvgIpc) is 2.16. The summed E-state index contributed by atoms with van der Waals surface area (Å²) in [5.41, 5.74) is 3.05. The van der Waals surface area contributed by atoms with Crippen LogP contribution in [0.4, 0.5) is 0 Å². The number of hydrogen-bond acceptors (Lipinski definition) is 3. The number of fused-ring (bicyclic) bond motifs is 1. The third kappa shape index (κ3) is 1.42. The first kappa shape index (κ1) is 8.26. The largest absolute Gasteiger partial charge is 0.411 e. The molecule has 0 aromatic heterocycles. The van der Waals surface area contributed by atoms with Crippen LogP contribution in [-0.4, -0.2) is 29.4 Å². The average molecular weight is 176 g/mol. The fraction of sp³-hybridized carbons (Fsp3) is 0.300. The number of benzene rings is 1. The van der Waals surface area contributed by atoms with Gasteiger partial charge in [-0.05, 0) is 12.6 Å². The Bertz CT molecular complexity index is 347. The summed E-state index contributed by atoms with van der Waals surface area (Å²) < 4.78 is 0. The molecule has 1 aliphatic heterocycles. The number of nitrogens with zero attached hydrogens (tertiary/aromatic N) is 2. The van der Waals surface area contributed by atoms with Gasteiger partial charge in [0.15, 0.2) is 0 Å². The highest BCUT2D eigenvalue weighted by Crippen LogP contribution is 2.17. The molecule has 1 aliphatic rings. The van der Waals surface area contributed by atoms with Crippen molar-refractivity contribution in [2.45, 2.75) is 6.54 Å². The van der Waals surface area contributed by atoms with Gasteiger partial charge in [-0.2, -0.15) is 0 Å². The van der Waals surface area contributed by atoms with Crippen LogP contribution >= 0.6 is 0 Å². The topological polar surface area (TPSA) is 35.8 Å². The zero-order chi connectivity index (χ0) is 9.26. The van der Waals surface area contributed by atoms with Gasteiger partial charge in [-0.15, -0.1) is 0 Å². The molecule has 1 aromatic rings. The molecule has 0 saturated carbocycles. The lowest BCUT2D eigenvalue weighted by atomic mass is 9.99. The van der Waals surface area contributed by atoms with Gasteiger partial charge in [0.05, 0.1) is 0 Å². The molecule has 0 saturated heterocycles. The minimum atomic E-state index is 0.716. The number of rotatable bonds is 0. The summed E-state index contributed by atoms with van der Waals surface area (Å²) in [4.78, 5) is 2.12. The predicted octanol–water partition coefficient (Wildman–Crippen LogP) is 1.31. The normalized spacial score (nSPS) is 20.2. The Labute approximate surface area is 77.3 Å². The highest BCUT2D eigenvalue weighted by molar-refractivity contribution is 6.03. The van der Waals surface area contributed by atoms with Crippen molar-refractivity contribution in [3.63, 3.8) is 0 Å². The lowest BCUT2D eigenvalue weighted by molar-refractivity contribution is 0.306. The van der Waals surface area contributed by atoms with E-state index in [0.717, 1.165) is 17.8 Å². The molecular formula is C10H12N2O. The third-order valence-corrected chi connectivity index (χ3v) is 2.31. The number of likely N-dealkylation sites (N-methyl/N-ethyl adjacent to an activating group) is 1. The van der Waals surface area contributed by atoms with Crippen molar-refractivity contribution in [1.82, 2.24) is 4.90 Å². The molecular weight excluding hydrogens is 164 g/mol. The molecule has 1 N–H and O–H groups in total. The highest BCUT2D eigenvalue weighted by atomic mass is 16.4. The van der Waals surface area contributed by atoms with Crippen LogP contribution in [0.5, 0.6) is 0 Å². The van der Waals surface area contributed by atoms with E-state index in [-0.39, 0.29) is 0 Å². The van der Waals surface area contributed by atoms with Crippen LogP contribution in [0.3, 0.4) is 0 Å². The lowest BCUT2D eigenvalue weighted by Crippen LogP contribution is -2.32. The van der Waals surface area contributed by atoms with Crippen molar-refractivity contribution in [1.29, 1.82) is 0 Å². The summed E-state index contributed by atoms with van der Waals surface area (Å²) in [6, 6.07) is 8.04. The van der Waals surface area contributed by atoms with Crippen LogP contribution in [0.2, 0.25) is 0 Å².